The molecule has 0 saturated heterocycles. The number of nitrogens with one attached hydrogen (secondary N) is 3. The average Bonchev–Trinajstić information content (AvgIpc) is 2.66. The fourth-order valence-corrected chi connectivity index (χ4v) is 3.22. The molecule has 0 spiro atoms. The predicted octanol–water partition coefficient (Wildman–Crippen LogP) is 1.92. The molecule has 0 aliphatic heterocycles. The van der Waals surface area contributed by atoms with Gasteiger partial charge in [-0.3, -0.25) is 4.99 Å². The van der Waals surface area contributed by atoms with Crippen molar-refractivity contribution in [2.24, 2.45) is 4.99 Å². The zero-order chi connectivity index (χ0) is 19.7. The minimum Gasteiger partial charge on any atom is -0.355 e. The lowest BCUT2D eigenvalue weighted by molar-refractivity contribution is 0.579. The van der Waals surface area contributed by atoms with E-state index in [0.29, 0.717) is 18.1 Å². The number of aliphatic imine (C=N–C) groups is 1. The molecule has 0 saturated carbocycles. The molecule has 0 aromatic heterocycles. The second kappa shape index (κ2) is 10.0. The van der Waals surface area contributed by atoms with Gasteiger partial charge in [-0.15, -0.1) is 0 Å². The van der Waals surface area contributed by atoms with Gasteiger partial charge < -0.3 is 10.6 Å². The zero-order valence-corrected chi connectivity index (χ0v) is 16.3. The van der Waals surface area contributed by atoms with Crippen molar-refractivity contribution >= 4 is 16.0 Å². The van der Waals surface area contributed by atoms with Gasteiger partial charge in [0.1, 0.15) is 5.82 Å². The maximum atomic E-state index is 13.6. The monoisotopic (exact) mass is 392 g/mol. The van der Waals surface area contributed by atoms with Gasteiger partial charge in [0.15, 0.2) is 5.96 Å². The van der Waals surface area contributed by atoms with Crippen LogP contribution >= 0.6 is 0 Å². The lowest BCUT2D eigenvalue weighted by Crippen LogP contribution is -2.40. The summed E-state index contributed by atoms with van der Waals surface area (Å²) in [6, 6.07) is 14.3. The number of halogens is 1. The number of aryl methyl sites for hydroxylation is 1. The Morgan fingerprint density at radius 2 is 1.78 bits per heavy atom. The molecule has 0 heterocycles. The maximum absolute atomic E-state index is 13.6. The van der Waals surface area contributed by atoms with E-state index in [9.17, 15) is 12.8 Å². The van der Waals surface area contributed by atoms with Gasteiger partial charge in [0.2, 0.25) is 10.0 Å². The highest BCUT2D eigenvalue weighted by atomic mass is 32.2. The van der Waals surface area contributed by atoms with Crippen LogP contribution in [0.1, 0.15) is 16.7 Å². The normalized spacial score (nSPS) is 12.0. The molecule has 0 aliphatic rings. The molecule has 0 unspecified atom stereocenters. The fourth-order valence-electron chi connectivity index (χ4n) is 2.32. The molecule has 146 valence electrons. The summed E-state index contributed by atoms with van der Waals surface area (Å²) in [5.41, 5.74) is 2.27. The van der Waals surface area contributed by atoms with Crippen LogP contribution in [0.3, 0.4) is 0 Å². The summed E-state index contributed by atoms with van der Waals surface area (Å²) in [7, 11) is -1.82. The number of hydrogen-bond donors (Lipinski definition) is 3. The maximum Gasteiger partial charge on any atom is 0.213 e. The molecule has 27 heavy (non-hydrogen) atoms. The third-order valence-corrected chi connectivity index (χ3v) is 5.25. The zero-order valence-electron chi connectivity index (χ0n) is 15.5. The first-order valence-electron chi connectivity index (χ1n) is 8.60. The van der Waals surface area contributed by atoms with E-state index < -0.39 is 10.0 Å². The highest BCUT2D eigenvalue weighted by molar-refractivity contribution is 7.89. The van der Waals surface area contributed by atoms with Crippen LogP contribution in [0.5, 0.6) is 0 Å². The van der Waals surface area contributed by atoms with Gasteiger partial charge in [-0.2, -0.15) is 0 Å². The second-order valence-corrected chi connectivity index (χ2v) is 7.99. The highest BCUT2D eigenvalue weighted by Crippen LogP contribution is 2.08. The first-order valence-corrected chi connectivity index (χ1v) is 10.3. The molecule has 0 bridgehead atoms. The van der Waals surface area contributed by atoms with Crippen molar-refractivity contribution in [3.8, 4) is 0 Å². The molecule has 2 rings (SSSR count). The van der Waals surface area contributed by atoms with Crippen LogP contribution in [0.15, 0.2) is 53.5 Å². The molecular formula is C19H25FN4O2S. The molecule has 0 atom stereocenters. The Labute approximate surface area is 160 Å². The van der Waals surface area contributed by atoms with E-state index in [2.05, 4.69) is 20.3 Å². The number of benzene rings is 2. The minimum absolute atomic E-state index is 0.0836. The molecule has 0 fully saturated rings. The van der Waals surface area contributed by atoms with Gasteiger partial charge in [-0.05, 0) is 29.7 Å². The van der Waals surface area contributed by atoms with Crippen molar-refractivity contribution in [3.05, 3.63) is 71.0 Å². The summed E-state index contributed by atoms with van der Waals surface area (Å²) >= 11 is 0. The summed E-state index contributed by atoms with van der Waals surface area (Å²) in [4.78, 5) is 4.04. The van der Waals surface area contributed by atoms with Gasteiger partial charge in [0.05, 0.1) is 5.75 Å². The lowest BCUT2D eigenvalue weighted by Gasteiger charge is -2.13. The highest BCUT2D eigenvalue weighted by Gasteiger charge is 2.10. The lowest BCUT2D eigenvalue weighted by atomic mass is 10.1. The van der Waals surface area contributed by atoms with Crippen LogP contribution in [0.4, 0.5) is 4.39 Å². The van der Waals surface area contributed by atoms with Crippen molar-refractivity contribution in [1.29, 1.82) is 0 Å². The number of sulfonamides is 1. The van der Waals surface area contributed by atoms with E-state index in [0.717, 1.165) is 11.1 Å². The minimum atomic E-state index is -3.41. The Morgan fingerprint density at radius 3 is 2.44 bits per heavy atom. The average molecular weight is 393 g/mol. The van der Waals surface area contributed by atoms with Gasteiger partial charge in [0.25, 0.3) is 0 Å². The first kappa shape index (κ1) is 20.9. The van der Waals surface area contributed by atoms with E-state index in [-0.39, 0.29) is 24.7 Å². The Hall–Kier alpha value is -2.45. The first-order chi connectivity index (χ1) is 12.9. The van der Waals surface area contributed by atoms with Gasteiger partial charge in [0, 0.05) is 26.7 Å². The van der Waals surface area contributed by atoms with Gasteiger partial charge in [-0.1, -0.05) is 42.5 Å². The van der Waals surface area contributed by atoms with Crippen molar-refractivity contribution < 1.29 is 12.8 Å². The largest absolute Gasteiger partial charge is 0.355 e. The molecule has 2 aromatic rings. The standard InChI is InChI=1S/C19H25FN4O2S/c1-15-8-9-17(12-18(15)20)13-23-19(21-2)22-10-11-27(25,26)24-14-16-6-4-3-5-7-16/h3-9,12,24H,10-11,13-14H2,1-2H3,(H2,21,22,23). The van der Waals surface area contributed by atoms with E-state index >= 15 is 0 Å². The van der Waals surface area contributed by atoms with Gasteiger partial charge >= 0.3 is 0 Å². The summed E-state index contributed by atoms with van der Waals surface area (Å²) < 4.78 is 40.3. The van der Waals surface area contributed by atoms with Crippen molar-refractivity contribution in [1.82, 2.24) is 15.4 Å². The smallest absolute Gasteiger partial charge is 0.213 e. The summed E-state index contributed by atoms with van der Waals surface area (Å²) in [6.45, 7) is 2.55. The molecule has 2 aromatic carbocycles. The van der Waals surface area contributed by atoms with E-state index in [1.165, 1.54) is 6.07 Å². The number of hydrogen-bond acceptors (Lipinski definition) is 3. The van der Waals surface area contributed by atoms with Crippen molar-refractivity contribution in [3.63, 3.8) is 0 Å². The van der Waals surface area contributed by atoms with Crippen LogP contribution in [0.25, 0.3) is 0 Å². The SMILES string of the molecule is CN=C(NCCS(=O)(=O)NCc1ccccc1)NCc1ccc(C)c(F)c1. The third kappa shape index (κ3) is 7.36. The van der Waals surface area contributed by atoms with Crippen molar-refractivity contribution in [2.75, 3.05) is 19.3 Å². The van der Waals surface area contributed by atoms with Gasteiger partial charge in [-0.25, -0.2) is 17.5 Å². The third-order valence-electron chi connectivity index (χ3n) is 3.92. The molecule has 3 N–H and O–H groups in total. The Morgan fingerprint density at radius 1 is 1.04 bits per heavy atom. The van der Waals surface area contributed by atoms with Crippen LogP contribution in [-0.2, 0) is 23.1 Å². The number of guanidine groups is 1. The molecule has 0 radical (unpaired) electrons. The van der Waals surface area contributed by atoms with E-state index in [4.69, 9.17) is 0 Å². The van der Waals surface area contributed by atoms with Crippen molar-refractivity contribution in [2.45, 2.75) is 20.0 Å². The number of nitrogens with zero attached hydrogens (tertiary/aromatic N) is 1. The van der Waals surface area contributed by atoms with Crippen LogP contribution in [0.2, 0.25) is 0 Å². The predicted molar refractivity (Wildman–Crippen MR) is 106 cm³/mol. The summed E-state index contributed by atoms with van der Waals surface area (Å²) in [6.07, 6.45) is 0. The summed E-state index contributed by atoms with van der Waals surface area (Å²) in [5.74, 6) is 0.113. The Kier molecular flexibility index (Phi) is 7.75. The topological polar surface area (TPSA) is 82.6 Å². The van der Waals surface area contributed by atoms with Crippen LogP contribution in [-0.4, -0.2) is 33.7 Å². The van der Waals surface area contributed by atoms with E-state index in [1.807, 2.05) is 36.4 Å². The Balaban J connectivity index is 1.75. The Bertz CT molecular complexity index is 871. The molecule has 0 amide bonds. The molecular weight excluding hydrogens is 367 g/mol. The van der Waals surface area contributed by atoms with Crippen LogP contribution in [0, 0.1) is 12.7 Å². The molecule has 8 heteroatoms. The van der Waals surface area contributed by atoms with E-state index in [1.54, 1.807) is 20.0 Å². The number of rotatable bonds is 8. The second-order valence-electron chi connectivity index (χ2n) is 6.06. The quantitative estimate of drug-likeness (QED) is 0.474. The molecule has 0 aliphatic carbocycles. The van der Waals surface area contributed by atoms with Crippen LogP contribution < -0.4 is 15.4 Å². The summed E-state index contributed by atoms with van der Waals surface area (Å²) in [5, 5.41) is 5.98. The molecule has 6 nitrogen and oxygen atoms in total. The fraction of sp³-hybridized carbons (Fsp3) is 0.316.